The van der Waals surface area contributed by atoms with Crippen LogP contribution in [0.3, 0.4) is 0 Å². The van der Waals surface area contributed by atoms with E-state index in [-0.39, 0.29) is 5.97 Å². The number of carbonyl (C=O) groups excluding carboxylic acids is 1. The zero-order valence-corrected chi connectivity index (χ0v) is 12.5. The molecular formula is C15H20N2O2S. The molecule has 1 aliphatic heterocycles. The Kier molecular flexibility index (Phi) is 5.35. The molecule has 0 aliphatic carbocycles. The molecule has 0 radical (unpaired) electrons. The summed E-state index contributed by atoms with van der Waals surface area (Å²) in [6, 6.07) is 5.95. The SMILES string of the molecule is CCOC(=O)C=Cc1cc(N2CCSCC2)ccc1N. The van der Waals surface area contributed by atoms with Gasteiger partial charge in [0.25, 0.3) is 0 Å². The first-order valence-corrected chi connectivity index (χ1v) is 7.93. The van der Waals surface area contributed by atoms with Gasteiger partial charge in [-0.3, -0.25) is 0 Å². The minimum absolute atomic E-state index is 0.341. The van der Waals surface area contributed by atoms with Gasteiger partial charge < -0.3 is 15.4 Å². The van der Waals surface area contributed by atoms with E-state index in [2.05, 4.69) is 4.90 Å². The number of carbonyl (C=O) groups is 1. The predicted molar refractivity (Wildman–Crippen MR) is 86.1 cm³/mol. The summed E-state index contributed by atoms with van der Waals surface area (Å²) in [6.07, 6.45) is 3.14. The monoisotopic (exact) mass is 292 g/mol. The van der Waals surface area contributed by atoms with Crippen LogP contribution < -0.4 is 10.6 Å². The average Bonchev–Trinajstić information content (AvgIpc) is 2.47. The first-order valence-electron chi connectivity index (χ1n) is 6.77. The molecule has 0 amide bonds. The molecule has 0 bridgehead atoms. The molecule has 0 unspecified atom stereocenters. The van der Waals surface area contributed by atoms with Crippen LogP contribution >= 0.6 is 11.8 Å². The lowest BCUT2D eigenvalue weighted by Crippen LogP contribution is -2.32. The van der Waals surface area contributed by atoms with Crippen LogP contribution in [0.5, 0.6) is 0 Å². The number of hydrogen-bond donors (Lipinski definition) is 1. The minimum atomic E-state index is -0.341. The van der Waals surface area contributed by atoms with Crippen LogP contribution in [0.25, 0.3) is 6.08 Å². The van der Waals surface area contributed by atoms with Crippen molar-refractivity contribution in [3.05, 3.63) is 29.8 Å². The third-order valence-electron chi connectivity index (χ3n) is 3.13. The Morgan fingerprint density at radius 1 is 1.45 bits per heavy atom. The lowest BCUT2D eigenvalue weighted by atomic mass is 10.1. The summed E-state index contributed by atoms with van der Waals surface area (Å²) in [4.78, 5) is 13.7. The van der Waals surface area contributed by atoms with Crippen LogP contribution in [0.1, 0.15) is 12.5 Å². The highest BCUT2D eigenvalue weighted by atomic mass is 32.2. The molecule has 1 aromatic carbocycles. The Morgan fingerprint density at radius 3 is 2.90 bits per heavy atom. The summed E-state index contributed by atoms with van der Waals surface area (Å²) < 4.78 is 4.87. The number of thioether (sulfide) groups is 1. The highest BCUT2D eigenvalue weighted by Gasteiger charge is 2.11. The molecule has 0 spiro atoms. The van der Waals surface area contributed by atoms with E-state index in [1.54, 1.807) is 13.0 Å². The van der Waals surface area contributed by atoms with Gasteiger partial charge >= 0.3 is 5.97 Å². The van der Waals surface area contributed by atoms with Gasteiger partial charge in [-0.2, -0.15) is 11.8 Å². The zero-order chi connectivity index (χ0) is 14.4. The maximum absolute atomic E-state index is 11.4. The van der Waals surface area contributed by atoms with Crippen molar-refractivity contribution in [1.82, 2.24) is 0 Å². The highest BCUT2D eigenvalue weighted by Crippen LogP contribution is 2.24. The van der Waals surface area contributed by atoms with E-state index < -0.39 is 0 Å². The number of ether oxygens (including phenoxy) is 1. The van der Waals surface area contributed by atoms with E-state index in [1.165, 1.54) is 6.08 Å². The fourth-order valence-electron chi connectivity index (χ4n) is 2.07. The molecule has 0 atom stereocenters. The van der Waals surface area contributed by atoms with Gasteiger partial charge in [0, 0.05) is 42.0 Å². The maximum atomic E-state index is 11.4. The second-order valence-electron chi connectivity index (χ2n) is 4.50. The third-order valence-corrected chi connectivity index (χ3v) is 4.07. The lowest BCUT2D eigenvalue weighted by Gasteiger charge is -2.28. The van der Waals surface area contributed by atoms with Crippen molar-refractivity contribution in [2.75, 3.05) is 41.8 Å². The van der Waals surface area contributed by atoms with Crippen molar-refractivity contribution in [1.29, 1.82) is 0 Å². The Morgan fingerprint density at radius 2 is 2.20 bits per heavy atom. The number of nitrogen functional groups attached to an aromatic ring is 1. The Labute approximate surface area is 124 Å². The normalized spacial score (nSPS) is 15.6. The smallest absolute Gasteiger partial charge is 0.330 e. The number of benzene rings is 1. The number of hydrogen-bond acceptors (Lipinski definition) is 5. The molecule has 0 saturated carbocycles. The van der Waals surface area contributed by atoms with E-state index in [1.807, 2.05) is 30.0 Å². The molecule has 1 saturated heterocycles. The molecule has 0 aromatic heterocycles. The van der Waals surface area contributed by atoms with E-state index in [4.69, 9.17) is 10.5 Å². The second kappa shape index (κ2) is 7.24. The van der Waals surface area contributed by atoms with Gasteiger partial charge in [0.15, 0.2) is 0 Å². The van der Waals surface area contributed by atoms with Gasteiger partial charge in [0.2, 0.25) is 0 Å². The van der Waals surface area contributed by atoms with Crippen molar-refractivity contribution in [2.45, 2.75) is 6.92 Å². The third kappa shape index (κ3) is 3.93. The van der Waals surface area contributed by atoms with Crippen molar-refractivity contribution >= 4 is 35.2 Å². The summed E-state index contributed by atoms with van der Waals surface area (Å²) in [7, 11) is 0. The fraction of sp³-hybridized carbons (Fsp3) is 0.400. The van der Waals surface area contributed by atoms with Crippen LogP contribution in [0.4, 0.5) is 11.4 Å². The Hall–Kier alpha value is -1.62. The second-order valence-corrected chi connectivity index (χ2v) is 5.72. The number of nitrogens with two attached hydrogens (primary N) is 1. The molecule has 1 fully saturated rings. The summed E-state index contributed by atoms with van der Waals surface area (Å²) in [5.41, 5.74) is 8.63. The molecular weight excluding hydrogens is 272 g/mol. The molecule has 2 rings (SSSR count). The van der Waals surface area contributed by atoms with Gasteiger partial charge in [-0.25, -0.2) is 4.79 Å². The van der Waals surface area contributed by atoms with Crippen molar-refractivity contribution in [3.63, 3.8) is 0 Å². The van der Waals surface area contributed by atoms with Gasteiger partial charge in [0.05, 0.1) is 6.61 Å². The number of anilines is 2. The molecule has 2 N–H and O–H groups in total. The van der Waals surface area contributed by atoms with Gasteiger partial charge in [0.1, 0.15) is 0 Å². The van der Waals surface area contributed by atoms with Gasteiger partial charge in [-0.1, -0.05) is 0 Å². The van der Waals surface area contributed by atoms with E-state index in [0.29, 0.717) is 12.3 Å². The maximum Gasteiger partial charge on any atom is 0.330 e. The molecule has 5 heteroatoms. The Bertz CT molecular complexity index is 497. The van der Waals surface area contributed by atoms with Crippen LogP contribution in [0, 0.1) is 0 Å². The van der Waals surface area contributed by atoms with Crippen molar-refractivity contribution in [2.24, 2.45) is 0 Å². The largest absolute Gasteiger partial charge is 0.463 e. The predicted octanol–water partition coefficient (Wildman–Crippen LogP) is 2.40. The lowest BCUT2D eigenvalue weighted by molar-refractivity contribution is -0.137. The van der Waals surface area contributed by atoms with E-state index >= 15 is 0 Å². The average molecular weight is 292 g/mol. The van der Waals surface area contributed by atoms with Crippen molar-refractivity contribution in [3.8, 4) is 0 Å². The summed E-state index contributed by atoms with van der Waals surface area (Å²) >= 11 is 1.98. The van der Waals surface area contributed by atoms with Crippen LogP contribution in [0.2, 0.25) is 0 Å². The zero-order valence-electron chi connectivity index (χ0n) is 11.7. The molecule has 1 heterocycles. The quantitative estimate of drug-likeness (QED) is 0.524. The highest BCUT2D eigenvalue weighted by molar-refractivity contribution is 7.99. The molecule has 1 aliphatic rings. The number of esters is 1. The van der Waals surface area contributed by atoms with Gasteiger partial charge in [-0.05, 0) is 36.8 Å². The Balaban J connectivity index is 2.13. The number of nitrogens with zero attached hydrogens (tertiary/aromatic N) is 1. The summed E-state index contributed by atoms with van der Waals surface area (Å²) in [5, 5.41) is 0. The minimum Gasteiger partial charge on any atom is -0.463 e. The molecule has 108 valence electrons. The summed E-state index contributed by atoms with van der Waals surface area (Å²) in [6.45, 7) is 4.27. The molecule has 4 nitrogen and oxygen atoms in total. The standard InChI is InChI=1S/C15H20N2O2S/c1-2-19-15(18)6-3-12-11-13(4-5-14(12)16)17-7-9-20-10-8-17/h3-6,11H,2,7-10,16H2,1H3. The van der Waals surface area contributed by atoms with Crippen LogP contribution in [-0.4, -0.2) is 37.2 Å². The fourth-order valence-corrected chi connectivity index (χ4v) is 2.98. The number of rotatable bonds is 4. The van der Waals surface area contributed by atoms with E-state index in [0.717, 1.165) is 35.8 Å². The first-order chi connectivity index (χ1) is 9.70. The summed E-state index contributed by atoms with van der Waals surface area (Å²) in [5.74, 6) is 1.96. The van der Waals surface area contributed by atoms with Crippen LogP contribution in [-0.2, 0) is 9.53 Å². The topological polar surface area (TPSA) is 55.6 Å². The molecule has 20 heavy (non-hydrogen) atoms. The van der Waals surface area contributed by atoms with Gasteiger partial charge in [-0.15, -0.1) is 0 Å². The van der Waals surface area contributed by atoms with E-state index in [9.17, 15) is 4.79 Å². The molecule has 1 aromatic rings. The van der Waals surface area contributed by atoms with Crippen LogP contribution in [0.15, 0.2) is 24.3 Å². The first kappa shape index (κ1) is 14.8. The van der Waals surface area contributed by atoms with Crippen molar-refractivity contribution < 1.29 is 9.53 Å².